The number of phosphoric ester groups is 1. The Morgan fingerprint density at radius 2 is 0.902 bits per heavy atom. The molecule has 0 aliphatic carbocycles. The molecule has 8 nitrogen and oxygen atoms in total. The van der Waals surface area contributed by atoms with Crippen molar-refractivity contribution in [1.29, 1.82) is 0 Å². The van der Waals surface area contributed by atoms with E-state index in [1.165, 1.54) is 161 Å². The second-order valence-electron chi connectivity index (χ2n) is 18.5. The molecule has 1 amide bonds. The smallest absolute Gasteiger partial charge is 0.387 e. The van der Waals surface area contributed by atoms with E-state index < -0.39 is 20.0 Å². The molecular weight excluding hydrogens is 780 g/mol. The lowest BCUT2D eigenvalue weighted by molar-refractivity contribution is -0.870. The first-order valence-corrected chi connectivity index (χ1v) is 27.0. The van der Waals surface area contributed by atoms with E-state index in [0.29, 0.717) is 17.4 Å². The normalized spacial score (nSPS) is 14.5. The highest BCUT2D eigenvalue weighted by Crippen LogP contribution is 2.43. The van der Waals surface area contributed by atoms with Gasteiger partial charge in [0.25, 0.3) is 0 Å². The molecule has 3 N–H and O–H groups in total. The van der Waals surface area contributed by atoms with Gasteiger partial charge in [-0.1, -0.05) is 197 Å². The average Bonchev–Trinajstić information content (AvgIpc) is 3.21. The number of allylic oxidation sites excluding steroid dienone is 7. The van der Waals surface area contributed by atoms with Crippen LogP contribution in [0.1, 0.15) is 226 Å². The fourth-order valence-electron chi connectivity index (χ4n) is 7.19. The first-order chi connectivity index (χ1) is 29.5. The number of unbranched alkanes of at least 4 members (excludes halogenated alkanes) is 27. The van der Waals surface area contributed by atoms with Crippen LogP contribution in [0.3, 0.4) is 0 Å². The van der Waals surface area contributed by atoms with Crippen molar-refractivity contribution < 1.29 is 32.9 Å². The van der Waals surface area contributed by atoms with Crippen LogP contribution in [0.25, 0.3) is 0 Å². The van der Waals surface area contributed by atoms with Crippen molar-refractivity contribution in [2.24, 2.45) is 0 Å². The Bertz CT molecular complexity index is 1130. The molecule has 0 spiro atoms. The predicted octanol–water partition coefficient (Wildman–Crippen LogP) is 14.8. The van der Waals surface area contributed by atoms with Crippen LogP contribution in [0.5, 0.6) is 0 Å². The van der Waals surface area contributed by atoms with E-state index in [4.69, 9.17) is 9.05 Å². The molecule has 0 aliphatic rings. The summed E-state index contributed by atoms with van der Waals surface area (Å²) in [6, 6.07) is -0.872. The van der Waals surface area contributed by atoms with Crippen molar-refractivity contribution in [3.05, 3.63) is 48.6 Å². The van der Waals surface area contributed by atoms with Crippen molar-refractivity contribution in [2.45, 2.75) is 238 Å². The number of likely N-dealkylation sites (N-methyl/N-ethyl adjacent to an activating group) is 1. The zero-order valence-corrected chi connectivity index (χ0v) is 41.5. The van der Waals surface area contributed by atoms with Crippen molar-refractivity contribution in [3.8, 4) is 0 Å². The summed E-state index contributed by atoms with van der Waals surface area (Å²) in [5.74, 6) is -0.195. The number of aliphatic hydroxyl groups excluding tert-OH is 1. The third-order valence-corrected chi connectivity index (χ3v) is 12.2. The topological polar surface area (TPSA) is 105 Å². The van der Waals surface area contributed by atoms with Crippen LogP contribution in [0.2, 0.25) is 0 Å². The molecule has 9 heteroatoms. The summed E-state index contributed by atoms with van der Waals surface area (Å²) in [6.45, 7) is 4.79. The highest BCUT2D eigenvalue weighted by molar-refractivity contribution is 7.47. The van der Waals surface area contributed by atoms with Gasteiger partial charge < -0.3 is 19.8 Å². The van der Waals surface area contributed by atoms with Crippen LogP contribution in [0, 0.1) is 0 Å². The lowest BCUT2D eigenvalue weighted by Crippen LogP contribution is -2.45. The fourth-order valence-corrected chi connectivity index (χ4v) is 7.92. The molecular formula is C52H100N2O6P+. The van der Waals surface area contributed by atoms with Crippen molar-refractivity contribution in [3.63, 3.8) is 0 Å². The molecule has 3 atom stereocenters. The van der Waals surface area contributed by atoms with Crippen LogP contribution in [0.4, 0.5) is 0 Å². The molecule has 0 rings (SSSR count). The van der Waals surface area contributed by atoms with Gasteiger partial charge >= 0.3 is 7.82 Å². The first kappa shape index (κ1) is 59.5. The van der Waals surface area contributed by atoms with E-state index in [-0.39, 0.29) is 19.1 Å². The predicted molar refractivity (Wildman–Crippen MR) is 263 cm³/mol. The lowest BCUT2D eigenvalue weighted by atomic mass is 10.1. The largest absolute Gasteiger partial charge is 0.472 e. The maximum Gasteiger partial charge on any atom is 0.472 e. The first-order valence-electron chi connectivity index (χ1n) is 25.5. The zero-order chi connectivity index (χ0) is 45.0. The second kappa shape index (κ2) is 43.7. The summed E-state index contributed by atoms with van der Waals surface area (Å²) < 4.78 is 23.6. The molecule has 0 aromatic heterocycles. The summed E-state index contributed by atoms with van der Waals surface area (Å²) in [6.07, 6.45) is 56.2. The Kier molecular flexibility index (Phi) is 42.6. The molecule has 0 aromatic rings. The van der Waals surface area contributed by atoms with Gasteiger partial charge in [0.15, 0.2) is 0 Å². The number of rotatable bonds is 46. The summed E-state index contributed by atoms with van der Waals surface area (Å²) in [5.41, 5.74) is 0. The van der Waals surface area contributed by atoms with Crippen LogP contribution >= 0.6 is 7.82 Å². The van der Waals surface area contributed by atoms with Crippen molar-refractivity contribution in [2.75, 3.05) is 40.9 Å². The molecule has 358 valence electrons. The molecule has 0 fully saturated rings. The number of amides is 1. The van der Waals surface area contributed by atoms with Crippen LogP contribution in [-0.2, 0) is 18.4 Å². The number of carbonyl (C=O) groups excluding carboxylic acids is 1. The van der Waals surface area contributed by atoms with Gasteiger partial charge in [0, 0.05) is 6.42 Å². The molecule has 0 heterocycles. The molecule has 0 aliphatic heterocycles. The van der Waals surface area contributed by atoms with Crippen molar-refractivity contribution >= 4 is 13.7 Å². The van der Waals surface area contributed by atoms with Crippen LogP contribution in [0.15, 0.2) is 48.6 Å². The van der Waals surface area contributed by atoms with Gasteiger partial charge in [-0.15, -0.1) is 0 Å². The summed E-state index contributed by atoms with van der Waals surface area (Å²) in [5, 5.41) is 13.9. The minimum Gasteiger partial charge on any atom is -0.387 e. The van der Waals surface area contributed by atoms with Crippen LogP contribution in [-0.4, -0.2) is 73.4 Å². The Morgan fingerprint density at radius 3 is 1.31 bits per heavy atom. The summed E-state index contributed by atoms with van der Waals surface area (Å²) >= 11 is 0. The second-order valence-corrected chi connectivity index (χ2v) is 20.0. The average molecular weight is 880 g/mol. The Balaban J connectivity index is 4.41. The third-order valence-electron chi connectivity index (χ3n) is 11.2. The highest BCUT2D eigenvalue weighted by Gasteiger charge is 2.27. The maximum atomic E-state index is 12.9. The van der Waals surface area contributed by atoms with E-state index in [1.54, 1.807) is 6.08 Å². The molecule has 3 unspecified atom stereocenters. The van der Waals surface area contributed by atoms with E-state index >= 15 is 0 Å². The SMILES string of the molecule is CCCCCCCCCC/C=C\CCCCCCCCCC(=O)NC(COP(=O)(O)OCC[N+](C)(C)C)C(O)/C=C/CC/C=C/CC/C=C/CCCCCCCCCCCC. The molecule has 0 bridgehead atoms. The monoisotopic (exact) mass is 880 g/mol. The van der Waals surface area contributed by atoms with E-state index in [9.17, 15) is 19.4 Å². The van der Waals surface area contributed by atoms with E-state index in [0.717, 1.165) is 44.9 Å². The van der Waals surface area contributed by atoms with Gasteiger partial charge in [-0.2, -0.15) is 0 Å². The molecule has 0 saturated carbocycles. The van der Waals surface area contributed by atoms with Gasteiger partial charge in [-0.05, 0) is 70.6 Å². The maximum absolute atomic E-state index is 12.9. The van der Waals surface area contributed by atoms with Gasteiger partial charge in [0.2, 0.25) is 5.91 Å². The number of carbonyl (C=O) groups is 1. The zero-order valence-electron chi connectivity index (χ0n) is 40.7. The number of quaternary nitrogens is 1. The van der Waals surface area contributed by atoms with E-state index in [1.807, 2.05) is 27.2 Å². The summed E-state index contributed by atoms with van der Waals surface area (Å²) in [7, 11) is 1.54. The molecule has 61 heavy (non-hydrogen) atoms. The highest BCUT2D eigenvalue weighted by atomic mass is 31.2. The molecule has 0 saturated heterocycles. The quantitative estimate of drug-likeness (QED) is 0.0243. The lowest BCUT2D eigenvalue weighted by Gasteiger charge is -2.25. The summed E-state index contributed by atoms with van der Waals surface area (Å²) in [4.78, 5) is 23.2. The van der Waals surface area contributed by atoms with Gasteiger partial charge in [0.1, 0.15) is 13.2 Å². The van der Waals surface area contributed by atoms with Crippen molar-refractivity contribution in [1.82, 2.24) is 5.32 Å². The number of phosphoric acid groups is 1. The minimum absolute atomic E-state index is 0.0520. The fraction of sp³-hybridized carbons (Fsp3) is 0.827. The Labute approximate surface area is 378 Å². The van der Waals surface area contributed by atoms with Crippen LogP contribution < -0.4 is 5.32 Å². The van der Waals surface area contributed by atoms with Gasteiger partial charge in [0.05, 0.1) is 39.9 Å². The minimum atomic E-state index is -4.36. The standard InChI is InChI=1S/C52H99N2O6P/c1-6-8-10-12-14-16-18-20-22-24-26-28-29-31-33-35-37-39-41-43-45-51(55)50(49-60-61(57,58)59-48-47-54(3,4)5)53-52(56)46-44-42-40-38-36-34-32-30-27-25-23-21-19-17-15-13-11-9-7-2/h25,27-29,35,37,43,45,50-51,55H,6-24,26,30-34,36,38-42,44,46-49H2,1-5H3,(H-,53,56,57,58)/p+1/b27-25-,29-28+,37-35+,45-43+. The Hall–Kier alpha value is -1.54. The number of aliphatic hydroxyl groups is 1. The Morgan fingerprint density at radius 1 is 0.541 bits per heavy atom. The van der Waals surface area contributed by atoms with Gasteiger partial charge in [-0.3, -0.25) is 13.8 Å². The van der Waals surface area contributed by atoms with E-state index in [2.05, 4.69) is 55.6 Å². The number of nitrogens with one attached hydrogen (secondary N) is 1. The number of nitrogens with zero attached hydrogens (tertiary/aromatic N) is 1. The third kappa shape index (κ3) is 46.3. The number of hydrogen-bond acceptors (Lipinski definition) is 5. The van der Waals surface area contributed by atoms with Gasteiger partial charge in [-0.25, -0.2) is 4.57 Å². The molecule has 0 aromatic carbocycles. The number of hydrogen-bond donors (Lipinski definition) is 3. The molecule has 0 radical (unpaired) electrons.